The quantitative estimate of drug-likeness (QED) is 0.515. The van der Waals surface area contributed by atoms with E-state index in [4.69, 9.17) is 14.5 Å². The predicted octanol–water partition coefficient (Wildman–Crippen LogP) is 4.38. The van der Waals surface area contributed by atoms with Gasteiger partial charge in [0, 0.05) is 16.5 Å². The van der Waals surface area contributed by atoms with Gasteiger partial charge in [-0.1, -0.05) is 30.3 Å². The molecule has 4 aromatic rings. The van der Waals surface area contributed by atoms with E-state index in [2.05, 4.69) is 45.7 Å². The summed E-state index contributed by atoms with van der Waals surface area (Å²) in [5.74, 6) is 2.03. The molecule has 30 heavy (non-hydrogen) atoms. The number of rotatable bonds is 5. The second-order valence-electron chi connectivity index (χ2n) is 7.06. The third kappa shape index (κ3) is 3.14. The van der Waals surface area contributed by atoms with Gasteiger partial charge in [0.05, 0.1) is 25.0 Å². The lowest BCUT2D eigenvalue weighted by Gasteiger charge is -2.15. The Labute approximate surface area is 174 Å². The number of ether oxygens (including phenoxy) is 2. The molecule has 2 aromatic carbocycles. The second kappa shape index (κ2) is 7.51. The van der Waals surface area contributed by atoms with Crippen LogP contribution >= 0.6 is 0 Å². The molecule has 0 unspecified atom stereocenters. The van der Waals surface area contributed by atoms with Gasteiger partial charge in [-0.3, -0.25) is 0 Å². The topological polar surface area (TPSA) is 81.2 Å². The first-order valence-electron chi connectivity index (χ1n) is 9.73. The van der Waals surface area contributed by atoms with Crippen molar-refractivity contribution < 1.29 is 9.47 Å². The summed E-state index contributed by atoms with van der Waals surface area (Å²) in [6, 6.07) is 16.2. The monoisotopic (exact) mass is 399 g/mol. The molecule has 150 valence electrons. The molecule has 2 aromatic heterocycles. The Balaban J connectivity index is 1.61. The molecule has 7 heteroatoms. The minimum atomic E-state index is 0.315. The number of hydrogen-bond donors (Lipinski definition) is 2. The highest BCUT2D eigenvalue weighted by molar-refractivity contribution is 5.86. The van der Waals surface area contributed by atoms with Crippen molar-refractivity contribution in [1.82, 2.24) is 15.0 Å². The van der Waals surface area contributed by atoms with Crippen molar-refractivity contribution in [1.29, 1.82) is 0 Å². The molecular weight excluding hydrogens is 378 g/mol. The minimum absolute atomic E-state index is 0.315. The number of pyridine rings is 1. The van der Waals surface area contributed by atoms with Crippen molar-refractivity contribution in [2.24, 2.45) is 0 Å². The summed E-state index contributed by atoms with van der Waals surface area (Å²) in [6.07, 6.45) is 1.50. The van der Waals surface area contributed by atoms with Crippen molar-refractivity contribution >= 4 is 22.4 Å². The Kier molecular flexibility index (Phi) is 4.55. The van der Waals surface area contributed by atoms with Gasteiger partial charge in [0.2, 0.25) is 5.88 Å². The van der Waals surface area contributed by atoms with Crippen molar-refractivity contribution in [3.05, 3.63) is 66.0 Å². The maximum absolute atomic E-state index is 6.12. The molecule has 0 radical (unpaired) electrons. The largest absolute Gasteiger partial charge is 0.496 e. The first-order valence-corrected chi connectivity index (χ1v) is 9.73. The molecule has 7 nitrogen and oxygen atoms in total. The summed E-state index contributed by atoms with van der Waals surface area (Å²) < 4.78 is 11.7. The Bertz CT molecular complexity index is 1240. The Morgan fingerprint density at radius 2 is 1.93 bits per heavy atom. The van der Waals surface area contributed by atoms with Crippen LogP contribution in [0, 0.1) is 6.92 Å². The number of benzene rings is 2. The molecule has 0 amide bonds. The molecule has 2 N–H and O–H groups in total. The lowest BCUT2D eigenvalue weighted by Crippen LogP contribution is -2.04. The summed E-state index contributed by atoms with van der Waals surface area (Å²) in [5, 5.41) is 7.43. The zero-order valence-corrected chi connectivity index (χ0v) is 16.8. The summed E-state index contributed by atoms with van der Waals surface area (Å²) in [5.41, 5.74) is 5.59. The van der Waals surface area contributed by atoms with E-state index in [9.17, 15) is 0 Å². The Morgan fingerprint density at radius 3 is 2.83 bits per heavy atom. The van der Waals surface area contributed by atoms with Crippen molar-refractivity contribution in [2.75, 3.05) is 24.4 Å². The number of nitrogens with one attached hydrogen (secondary N) is 2. The van der Waals surface area contributed by atoms with E-state index in [0.717, 1.165) is 50.5 Å². The van der Waals surface area contributed by atoms with E-state index >= 15 is 0 Å². The van der Waals surface area contributed by atoms with Gasteiger partial charge in [0.25, 0.3) is 0 Å². The van der Waals surface area contributed by atoms with E-state index < -0.39 is 0 Å². The highest BCUT2D eigenvalue weighted by atomic mass is 16.5. The van der Waals surface area contributed by atoms with E-state index in [1.54, 1.807) is 7.11 Å². The standard InChI is InChI=1S/C23H21N5O2/c1-14-6-5-7-15-10-16(11-30-23-21-22(25-12-24-21)26-13-27-23)20(28-19(14)15)17-8-3-4-9-18(17)29-2/h3-10,13,24H,11-12H2,1-2H3,(H,25,26,27). The number of fused-ring (bicyclic) bond motifs is 2. The number of anilines is 2. The van der Waals surface area contributed by atoms with Gasteiger partial charge < -0.3 is 20.1 Å². The fourth-order valence-corrected chi connectivity index (χ4v) is 3.71. The lowest BCUT2D eigenvalue weighted by atomic mass is 10.0. The molecule has 0 fully saturated rings. The van der Waals surface area contributed by atoms with Crippen LogP contribution in [-0.4, -0.2) is 28.7 Å². The number of hydrogen-bond acceptors (Lipinski definition) is 7. The van der Waals surface area contributed by atoms with E-state index in [-0.39, 0.29) is 0 Å². The molecule has 5 rings (SSSR count). The fourth-order valence-electron chi connectivity index (χ4n) is 3.71. The van der Waals surface area contributed by atoms with E-state index in [1.165, 1.54) is 6.33 Å². The normalized spacial score (nSPS) is 12.2. The van der Waals surface area contributed by atoms with Gasteiger partial charge in [0.1, 0.15) is 24.4 Å². The Morgan fingerprint density at radius 1 is 1.03 bits per heavy atom. The van der Waals surface area contributed by atoms with Gasteiger partial charge in [-0.25, -0.2) is 9.97 Å². The maximum Gasteiger partial charge on any atom is 0.243 e. The molecule has 0 spiro atoms. The Hall–Kier alpha value is -3.87. The summed E-state index contributed by atoms with van der Waals surface area (Å²) in [4.78, 5) is 13.5. The van der Waals surface area contributed by atoms with Crippen LogP contribution in [0.1, 0.15) is 11.1 Å². The molecule has 0 aliphatic carbocycles. The smallest absolute Gasteiger partial charge is 0.243 e. The zero-order chi connectivity index (χ0) is 20.5. The minimum Gasteiger partial charge on any atom is -0.496 e. The number of para-hydroxylation sites is 2. The molecular formula is C23H21N5O2. The average Bonchev–Trinajstić information content (AvgIpc) is 3.27. The summed E-state index contributed by atoms with van der Waals surface area (Å²) in [7, 11) is 1.67. The van der Waals surface area contributed by atoms with Crippen LogP contribution in [0.2, 0.25) is 0 Å². The van der Waals surface area contributed by atoms with Gasteiger partial charge in [-0.2, -0.15) is 4.98 Å². The van der Waals surface area contributed by atoms with Crippen molar-refractivity contribution in [3.8, 4) is 22.9 Å². The number of methoxy groups -OCH3 is 1. The molecule has 0 atom stereocenters. The second-order valence-corrected chi connectivity index (χ2v) is 7.06. The molecule has 3 heterocycles. The zero-order valence-electron chi connectivity index (χ0n) is 16.8. The van der Waals surface area contributed by atoms with Gasteiger partial charge >= 0.3 is 0 Å². The first-order chi connectivity index (χ1) is 14.7. The molecule has 0 bridgehead atoms. The highest BCUT2D eigenvalue weighted by Crippen LogP contribution is 2.35. The van der Waals surface area contributed by atoms with Crippen LogP contribution in [0.3, 0.4) is 0 Å². The summed E-state index contributed by atoms with van der Waals surface area (Å²) >= 11 is 0. The molecule has 1 aliphatic rings. The third-order valence-electron chi connectivity index (χ3n) is 5.19. The number of nitrogens with zero attached hydrogens (tertiary/aromatic N) is 3. The lowest BCUT2D eigenvalue weighted by molar-refractivity contribution is 0.295. The van der Waals surface area contributed by atoms with Crippen LogP contribution < -0.4 is 20.1 Å². The average molecular weight is 399 g/mol. The maximum atomic E-state index is 6.12. The predicted molar refractivity (Wildman–Crippen MR) is 117 cm³/mol. The van der Waals surface area contributed by atoms with E-state index in [1.807, 2.05) is 30.3 Å². The van der Waals surface area contributed by atoms with E-state index in [0.29, 0.717) is 19.2 Å². The van der Waals surface area contributed by atoms with Crippen LogP contribution in [0.4, 0.5) is 11.5 Å². The van der Waals surface area contributed by atoms with Crippen molar-refractivity contribution in [3.63, 3.8) is 0 Å². The van der Waals surface area contributed by atoms with Crippen molar-refractivity contribution in [2.45, 2.75) is 13.5 Å². The van der Waals surface area contributed by atoms with Crippen LogP contribution in [0.15, 0.2) is 54.9 Å². The third-order valence-corrected chi connectivity index (χ3v) is 5.19. The molecule has 1 aliphatic heterocycles. The molecule has 0 saturated heterocycles. The van der Waals surface area contributed by atoms with Crippen LogP contribution in [0.5, 0.6) is 11.6 Å². The van der Waals surface area contributed by atoms with Gasteiger partial charge in [-0.15, -0.1) is 0 Å². The van der Waals surface area contributed by atoms with Crippen LogP contribution in [0.25, 0.3) is 22.2 Å². The van der Waals surface area contributed by atoms with Gasteiger partial charge in [0.15, 0.2) is 5.82 Å². The molecule has 0 saturated carbocycles. The number of aryl methyl sites for hydroxylation is 1. The SMILES string of the molecule is COc1ccccc1-c1nc2c(C)cccc2cc1COc1ncnc2c1NCN2. The van der Waals surface area contributed by atoms with Gasteiger partial charge in [-0.05, 0) is 30.7 Å². The fraction of sp³-hybridized carbons (Fsp3) is 0.174. The summed E-state index contributed by atoms with van der Waals surface area (Å²) in [6.45, 7) is 2.99. The highest BCUT2D eigenvalue weighted by Gasteiger charge is 2.19. The first kappa shape index (κ1) is 18.2. The number of aromatic nitrogens is 3. The van der Waals surface area contributed by atoms with Crippen LogP contribution in [-0.2, 0) is 6.61 Å².